The number of nitrogens with one attached hydrogen (secondary N) is 2. The van der Waals surface area contributed by atoms with Crippen LogP contribution < -0.4 is 5.32 Å². The van der Waals surface area contributed by atoms with E-state index in [1.165, 1.54) is 23.1 Å². The smallest absolute Gasteiger partial charge is 0.317 e. The van der Waals surface area contributed by atoms with E-state index in [2.05, 4.69) is 10.3 Å². The maximum absolute atomic E-state index is 14.5. The second-order valence-corrected chi connectivity index (χ2v) is 8.59. The lowest BCUT2D eigenvalue weighted by Crippen LogP contribution is -2.46. The number of aromatic amines is 1. The van der Waals surface area contributed by atoms with Gasteiger partial charge >= 0.3 is 6.03 Å². The summed E-state index contributed by atoms with van der Waals surface area (Å²) in [6.07, 6.45) is 1.50. The van der Waals surface area contributed by atoms with Crippen LogP contribution >= 0.6 is 0 Å². The van der Waals surface area contributed by atoms with Crippen molar-refractivity contribution in [2.24, 2.45) is 5.92 Å². The molecule has 0 spiro atoms. The summed E-state index contributed by atoms with van der Waals surface area (Å²) in [7, 11) is 1.63. The number of H-pyrrole nitrogens is 1. The first-order valence-corrected chi connectivity index (χ1v) is 10.7. The summed E-state index contributed by atoms with van der Waals surface area (Å²) in [4.78, 5) is 16.7. The minimum Gasteiger partial charge on any atom is -0.394 e. The maximum Gasteiger partial charge on any atom is 0.317 e. The van der Waals surface area contributed by atoms with Crippen LogP contribution in [0, 0.1) is 23.4 Å². The third-order valence-corrected chi connectivity index (χ3v) is 6.43. The van der Waals surface area contributed by atoms with E-state index in [1.54, 1.807) is 26.1 Å². The first-order valence-electron chi connectivity index (χ1n) is 10.7. The number of amides is 2. The third kappa shape index (κ3) is 4.19. The Morgan fingerprint density at radius 3 is 2.53 bits per heavy atom. The van der Waals surface area contributed by atoms with E-state index in [0.717, 1.165) is 24.5 Å². The Morgan fingerprint density at radius 2 is 1.88 bits per heavy atom. The number of aliphatic hydroxyl groups is 1. The average Bonchev–Trinajstić information content (AvgIpc) is 3.11. The van der Waals surface area contributed by atoms with Crippen LogP contribution in [0.5, 0.6) is 0 Å². The minimum atomic E-state index is -0.668. The molecule has 8 heteroatoms. The molecule has 0 bridgehead atoms. The highest BCUT2D eigenvalue weighted by Crippen LogP contribution is 2.48. The number of fused-ring (bicyclic) bond motifs is 1. The van der Waals surface area contributed by atoms with Crippen molar-refractivity contribution in [3.05, 3.63) is 59.4 Å². The lowest BCUT2D eigenvalue weighted by Gasteiger charge is -2.37. The van der Waals surface area contributed by atoms with Crippen LogP contribution in [0.25, 0.3) is 22.2 Å². The van der Waals surface area contributed by atoms with Crippen molar-refractivity contribution < 1.29 is 23.1 Å². The van der Waals surface area contributed by atoms with Crippen LogP contribution in [0.1, 0.15) is 31.2 Å². The Morgan fingerprint density at radius 1 is 1.19 bits per heavy atom. The van der Waals surface area contributed by atoms with Gasteiger partial charge in [-0.05, 0) is 73.1 Å². The number of benzene rings is 2. The molecule has 2 aromatic carbocycles. The van der Waals surface area contributed by atoms with E-state index in [9.17, 15) is 23.1 Å². The summed E-state index contributed by atoms with van der Waals surface area (Å²) in [6.45, 7) is 2.12. The Hall–Kier alpha value is -3.00. The second kappa shape index (κ2) is 8.86. The van der Waals surface area contributed by atoms with E-state index in [4.69, 9.17) is 0 Å². The van der Waals surface area contributed by atoms with Gasteiger partial charge in [-0.15, -0.1) is 0 Å². The summed E-state index contributed by atoms with van der Waals surface area (Å²) in [5.41, 5.74) is 2.41. The van der Waals surface area contributed by atoms with E-state index in [1.807, 2.05) is 0 Å². The van der Waals surface area contributed by atoms with E-state index in [-0.39, 0.29) is 41.8 Å². The van der Waals surface area contributed by atoms with Gasteiger partial charge in [0.1, 0.15) is 17.5 Å². The second-order valence-electron chi connectivity index (χ2n) is 8.59. The predicted octanol–water partition coefficient (Wildman–Crippen LogP) is 4.77. The van der Waals surface area contributed by atoms with E-state index < -0.39 is 11.6 Å². The predicted molar refractivity (Wildman–Crippen MR) is 117 cm³/mol. The molecular formula is C24H26F3N3O2. The molecule has 0 radical (unpaired) electrons. The van der Waals surface area contributed by atoms with Crippen LogP contribution in [0.15, 0.2) is 36.4 Å². The van der Waals surface area contributed by atoms with Gasteiger partial charge in [0.15, 0.2) is 0 Å². The zero-order valence-corrected chi connectivity index (χ0v) is 18.0. The van der Waals surface area contributed by atoms with Crippen molar-refractivity contribution >= 4 is 16.9 Å². The molecule has 0 unspecified atom stereocenters. The number of hydrogen-bond donors (Lipinski definition) is 3. The molecule has 32 heavy (non-hydrogen) atoms. The number of carbonyl (C=O) groups is 1. The molecule has 0 saturated heterocycles. The van der Waals surface area contributed by atoms with Gasteiger partial charge in [-0.1, -0.05) is 0 Å². The summed E-state index contributed by atoms with van der Waals surface area (Å²) in [5.74, 6) is -1.40. The number of likely N-dealkylation sites (N-methyl/N-ethyl adjacent to an activating group) is 1. The number of nitrogens with zero attached hydrogens (tertiary/aromatic N) is 1. The van der Waals surface area contributed by atoms with Gasteiger partial charge in [0.2, 0.25) is 0 Å². The van der Waals surface area contributed by atoms with Gasteiger partial charge in [-0.2, -0.15) is 0 Å². The number of hydrogen-bond acceptors (Lipinski definition) is 2. The summed E-state index contributed by atoms with van der Waals surface area (Å²) in [5, 5.41) is 12.6. The van der Waals surface area contributed by atoms with Crippen LogP contribution in [-0.4, -0.2) is 47.3 Å². The molecule has 1 fully saturated rings. The molecule has 1 saturated carbocycles. The zero-order chi connectivity index (χ0) is 23.0. The molecule has 1 aromatic heterocycles. The van der Waals surface area contributed by atoms with Gasteiger partial charge in [-0.25, -0.2) is 18.0 Å². The first-order chi connectivity index (χ1) is 15.3. The molecule has 170 valence electrons. The van der Waals surface area contributed by atoms with E-state index >= 15 is 0 Å². The summed E-state index contributed by atoms with van der Waals surface area (Å²) in [6, 6.07) is 7.56. The molecule has 0 aliphatic heterocycles. The highest BCUT2D eigenvalue weighted by Gasteiger charge is 2.35. The number of aromatic nitrogens is 1. The lowest BCUT2D eigenvalue weighted by molar-refractivity contribution is 0.153. The van der Waals surface area contributed by atoms with Crippen molar-refractivity contribution in [3.8, 4) is 11.3 Å². The monoisotopic (exact) mass is 445 g/mol. The molecule has 4 rings (SSSR count). The average molecular weight is 445 g/mol. The number of carbonyl (C=O) groups excluding carboxylic acids is 1. The fourth-order valence-corrected chi connectivity index (χ4v) is 4.33. The SMILES string of the molecule is C[C@H](CO)N(C)C(=O)NC[C@H]1C[C@H](c2c(-c3ccc(F)cc3)[nH]c3c(F)cc(F)cc32)C1. The molecule has 1 heterocycles. The number of halogens is 3. The molecule has 1 aliphatic carbocycles. The summed E-state index contributed by atoms with van der Waals surface area (Å²) < 4.78 is 41.9. The molecular weight excluding hydrogens is 419 g/mol. The Kier molecular flexibility index (Phi) is 6.15. The third-order valence-electron chi connectivity index (χ3n) is 6.43. The minimum absolute atomic E-state index is 0.0565. The number of aliphatic hydroxyl groups excluding tert-OH is 1. The fourth-order valence-electron chi connectivity index (χ4n) is 4.33. The quantitative estimate of drug-likeness (QED) is 0.512. The van der Waals surface area contributed by atoms with Crippen LogP contribution in [0.3, 0.4) is 0 Å². The van der Waals surface area contributed by atoms with Crippen molar-refractivity contribution in [2.75, 3.05) is 20.2 Å². The lowest BCUT2D eigenvalue weighted by atomic mass is 9.70. The topological polar surface area (TPSA) is 68.4 Å². The van der Waals surface area contributed by atoms with Gasteiger partial charge in [-0.3, -0.25) is 0 Å². The molecule has 1 aliphatic rings. The van der Waals surface area contributed by atoms with Crippen molar-refractivity contribution in [3.63, 3.8) is 0 Å². The van der Waals surface area contributed by atoms with Gasteiger partial charge in [0, 0.05) is 25.0 Å². The normalized spacial score (nSPS) is 18.9. The van der Waals surface area contributed by atoms with Crippen LogP contribution in [0.4, 0.5) is 18.0 Å². The Balaban J connectivity index is 1.55. The van der Waals surface area contributed by atoms with Crippen molar-refractivity contribution in [1.82, 2.24) is 15.2 Å². The van der Waals surface area contributed by atoms with Gasteiger partial charge in [0.05, 0.1) is 23.9 Å². The zero-order valence-electron chi connectivity index (χ0n) is 18.0. The van der Waals surface area contributed by atoms with Crippen LogP contribution in [0.2, 0.25) is 0 Å². The molecule has 1 atom stereocenters. The molecule has 5 nitrogen and oxygen atoms in total. The first kappa shape index (κ1) is 22.2. The highest BCUT2D eigenvalue weighted by molar-refractivity contribution is 5.92. The molecule has 3 N–H and O–H groups in total. The van der Waals surface area contributed by atoms with E-state index in [0.29, 0.717) is 23.2 Å². The number of rotatable bonds is 6. The highest BCUT2D eigenvalue weighted by atomic mass is 19.1. The standard InChI is InChI=1S/C24H26F3N3O2/c1-13(12-31)30(2)24(32)28-11-14-7-16(8-14)21-19-9-18(26)10-20(27)23(19)29-22(21)15-3-5-17(25)6-4-15/h3-6,9-10,13-14,16,29,31H,7-8,11-12H2,1-2H3,(H,28,32)/t13-,14-,16-/m1/s1. The maximum atomic E-state index is 14.5. The molecule has 2 amide bonds. The van der Waals surface area contributed by atoms with Crippen LogP contribution in [-0.2, 0) is 0 Å². The molecule has 3 aromatic rings. The fraction of sp³-hybridized carbons (Fsp3) is 0.375. The summed E-state index contributed by atoms with van der Waals surface area (Å²) >= 11 is 0. The Labute approximate surface area is 184 Å². The van der Waals surface area contributed by atoms with Gasteiger partial charge < -0.3 is 20.3 Å². The van der Waals surface area contributed by atoms with Crippen molar-refractivity contribution in [2.45, 2.75) is 31.7 Å². The number of urea groups is 1. The Bertz CT molecular complexity index is 1120. The van der Waals surface area contributed by atoms with Gasteiger partial charge in [0.25, 0.3) is 0 Å². The largest absolute Gasteiger partial charge is 0.394 e. The van der Waals surface area contributed by atoms with Crippen molar-refractivity contribution in [1.29, 1.82) is 0 Å².